The van der Waals surface area contributed by atoms with E-state index in [2.05, 4.69) is 10.2 Å². The number of halogens is 2. The molecule has 1 heterocycles. The lowest BCUT2D eigenvalue weighted by molar-refractivity contribution is -0.133. The molecule has 0 atom stereocenters. The second-order valence-corrected chi connectivity index (χ2v) is 4.75. The normalized spacial score (nSPS) is 10.6. The largest absolute Gasteiger partial charge is 0.481 e. The van der Waals surface area contributed by atoms with Crippen LogP contribution in [0.15, 0.2) is 28.2 Å². The van der Waals surface area contributed by atoms with Gasteiger partial charge in [0.2, 0.25) is 0 Å². The molecule has 0 radical (unpaired) electrons. The number of carbonyl (C=O) groups is 1. The van der Waals surface area contributed by atoms with Gasteiger partial charge >= 0.3 is 11.7 Å². The Hall–Kier alpha value is -1.80. The molecular weight excluding hydrogens is 297 g/mol. The molecule has 2 N–H and O–H groups in total. The van der Waals surface area contributed by atoms with Gasteiger partial charge in [-0.1, -0.05) is 29.4 Å². The van der Waals surface area contributed by atoms with Crippen molar-refractivity contribution in [1.29, 1.82) is 0 Å². The third-order valence-electron chi connectivity index (χ3n) is 2.13. The number of thioether (sulfide) groups is 1. The lowest BCUT2D eigenvalue weighted by Gasteiger charge is -2.07. The first-order valence-corrected chi connectivity index (χ1v) is 6.33. The number of nitrogens with one attached hydrogen (secondary N) is 1. The van der Waals surface area contributed by atoms with Gasteiger partial charge in [0.1, 0.15) is 11.5 Å². The minimum absolute atomic E-state index is 0.0272. The fourth-order valence-corrected chi connectivity index (χ4v) is 2.32. The molecule has 2 aromatic rings. The molecule has 1 aromatic heterocycles. The van der Waals surface area contributed by atoms with Gasteiger partial charge in [0, 0.05) is 0 Å². The van der Waals surface area contributed by atoms with E-state index in [1.54, 1.807) is 0 Å². The number of carboxylic acids is 1. The number of H-pyrrole nitrogens is 1. The Morgan fingerprint density at radius 2 is 2.32 bits per heavy atom. The molecule has 1 aromatic carbocycles. The lowest BCUT2D eigenvalue weighted by Crippen LogP contribution is -2.17. The summed E-state index contributed by atoms with van der Waals surface area (Å²) >= 11 is 6.64. The minimum atomic E-state index is -1.08. The van der Waals surface area contributed by atoms with Crippen LogP contribution >= 0.6 is 23.4 Å². The van der Waals surface area contributed by atoms with E-state index in [-0.39, 0.29) is 21.6 Å². The van der Waals surface area contributed by atoms with Gasteiger partial charge in [-0.15, -0.1) is 5.10 Å². The monoisotopic (exact) mass is 303 g/mol. The number of carboxylic acid groups (broad SMARTS) is 1. The standard InChI is InChI=1S/C10H7ClFN3O3S/c11-5-2-1-3-6(12)8(5)15-9(18)13-14-10(15)19-4-7(16)17/h1-3H,4H2,(H,13,18)(H,16,17). The maximum atomic E-state index is 13.8. The first-order chi connectivity index (χ1) is 9.00. The van der Waals surface area contributed by atoms with Crippen molar-refractivity contribution in [2.75, 3.05) is 5.75 Å². The maximum Gasteiger partial charge on any atom is 0.348 e. The number of nitrogens with zero attached hydrogens (tertiary/aromatic N) is 2. The Morgan fingerprint density at radius 1 is 1.58 bits per heavy atom. The highest BCUT2D eigenvalue weighted by atomic mass is 35.5. The van der Waals surface area contributed by atoms with Gasteiger partial charge in [-0.3, -0.25) is 4.79 Å². The van der Waals surface area contributed by atoms with Crippen LogP contribution in [0.3, 0.4) is 0 Å². The van der Waals surface area contributed by atoms with E-state index >= 15 is 0 Å². The van der Waals surface area contributed by atoms with Gasteiger partial charge in [0.15, 0.2) is 5.16 Å². The van der Waals surface area contributed by atoms with E-state index in [1.165, 1.54) is 12.1 Å². The highest BCUT2D eigenvalue weighted by Gasteiger charge is 2.18. The zero-order valence-corrected chi connectivity index (χ0v) is 10.8. The second-order valence-electron chi connectivity index (χ2n) is 3.40. The second kappa shape index (κ2) is 5.45. The molecule has 0 fully saturated rings. The first-order valence-electron chi connectivity index (χ1n) is 4.97. The molecular formula is C10H7ClFN3O3S. The van der Waals surface area contributed by atoms with Crippen molar-refractivity contribution in [3.05, 3.63) is 39.5 Å². The van der Waals surface area contributed by atoms with Crippen LogP contribution in [0.25, 0.3) is 5.69 Å². The molecule has 100 valence electrons. The number of rotatable bonds is 4. The van der Waals surface area contributed by atoms with Crippen LogP contribution in [0, 0.1) is 5.82 Å². The maximum absolute atomic E-state index is 13.8. The molecule has 2 rings (SSSR count). The van der Waals surface area contributed by atoms with E-state index in [1.807, 2.05) is 0 Å². The highest BCUT2D eigenvalue weighted by Crippen LogP contribution is 2.25. The number of benzene rings is 1. The number of aliphatic carboxylic acids is 1. The van der Waals surface area contributed by atoms with Crippen LogP contribution < -0.4 is 5.69 Å². The van der Waals surface area contributed by atoms with Crippen molar-refractivity contribution in [1.82, 2.24) is 14.8 Å². The van der Waals surface area contributed by atoms with E-state index < -0.39 is 17.5 Å². The summed E-state index contributed by atoms with van der Waals surface area (Å²) in [5, 5.41) is 14.4. The van der Waals surface area contributed by atoms with Crippen molar-refractivity contribution in [3.8, 4) is 5.69 Å². The predicted octanol–water partition coefficient (Wildman–Crippen LogP) is 1.53. The molecule has 0 saturated heterocycles. The molecule has 6 nitrogen and oxygen atoms in total. The number of hydrogen-bond donors (Lipinski definition) is 2. The first kappa shape index (κ1) is 13.6. The summed E-state index contributed by atoms with van der Waals surface area (Å²) in [6.45, 7) is 0. The molecule has 0 aliphatic heterocycles. The molecule has 0 spiro atoms. The topological polar surface area (TPSA) is 88.0 Å². The predicted molar refractivity (Wildman–Crippen MR) is 67.5 cm³/mol. The number of para-hydroxylation sites is 1. The summed E-state index contributed by atoms with van der Waals surface area (Å²) in [6.07, 6.45) is 0. The minimum Gasteiger partial charge on any atom is -0.481 e. The Kier molecular flexibility index (Phi) is 3.91. The van der Waals surface area contributed by atoms with Gasteiger partial charge in [-0.25, -0.2) is 18.9 Å². The van der Waals surface area contributed by atoms with Crippen LogP contribution in [-0.2, 0) is 4.79 Å². The Balaban J connectivity index is 2.53. The number of aromatic nitrogens is 3. The summed E-state index contributed by atoms with van der Waals surface area (Å²) < 4.78 is 14.7. The van der Waals surface area contributed by atoms with Crippen molar-refractivity contribution in [3.63, 3.8) is 0 Å². The number of aromatic amines is 1. The molecule has 0 saturated carbocycles. The summed E-state index contributed by atoms with van der Waals surface area (Å²) in [7, 11) is 0. The van der Waals surface area contributed by atoms with E-state index in [0.717, 1.165) is 22.4 Å². The summed E-state index contributed by atoms with van der Waals surface area (Å²) in [5.41, 5.74) is -0.851. The fraction of sp³-hybridized carbons (Fsp3) is 0.100. The van der Waals surface area contributed by atoms with Crippen LogP contribution in [0.1, 0.15) is 0 Å². The third-order valence-corrected chi connectivity index (χ3v) is 3.36. The van der Waals surface area contributed by atoms with Crippen LogP contribution in [-0.4, -0.2) is 31.6 Å². The zero-order valence-electron chi connectivity index (χ0n) is 9.26. The summed E-state index contributed by atoms with van der Waals surface area (Å²) in [4.78, 5) is 22.2. The SMILES string of the molecule is O=C(O)CSc1n[nH]c(=O)n1-c1c(F)cccc1Cl. The van der Waals surface area contributed by atoms with Gasteiger partial charge in [0.25, 0.3) is 0 Å². The lowest BCUT2D eigenvalue weighted by atomic mass is 10.3. The molecule has 0 bridgehead atoms. The summed E-state index contributed by atoms with van der Waals surface area (Å²) in [5.74, 6) is -2.09. The summed E-state index contributed by atoms with van der Waals surface area (Å²) in [6, 6.07) is 3.97. The average molecular weight is 304 g/mol. The van der Waals surface area contributed by atoms with Crippen molar-refractivity contribution < 1.29 is 14.3 Å². The van der Waals surface area contributed by atoms with Crippen LogP contribution in [0.2, 0.25) is 5.02 Å². The molecule has 0 aliphatic carbocycles. The van der Waals surface area contributed by atoms with Gasteiger partial charge in [-0.05, 0) is 12.1 Å². The quantitative estimate of drug-likeness (QED) is 0.836. The smallest absolute Gasteiger partial charge is 0.348 e. The van der Waals surface area contributed by atoms with Crippen molar-refractivity contribution in [2.24, 2.45) is 0 Å². The Bertz CT molecular complexity index is 665. The van der Waals surface area contributed by atoms with Crippen molar-refractivity contribution >= 4 is 29.3 Å². The van der Waals surface area contributed by atoms with Crippen LogP contribution in [0.5, 0.6) is 0 Å². The average Bonchev–Trinajstić information content (AvgIpc) is 2.69. The van der Waals surface area contributed by atoms with Gasteiger partial charge in [-0.2, -0.15) is 0 Å². The van der Waals surface area contributed by atoms with Gasteiger partial charge in [0.05, 0.1) is 10.8 Å². The molecule has 0 amide bonds. The highest BCUT2D eigenvalue weighted by molar-refractivity contribution is 7.99. The molecule has 0 unspecified atom stereocenters. The Labute approximate surface area is 115 Å². The molecule has 9 heteroatoms. The fourth-order valence-electron chi connectivity index (χ4n) is 1.41. The molecule has 0 aliphatic rings. The van der Waals surface area contributed by atoms with E-state index in [0.29, 0.717) is 0 Å². The Morgan fingerprint density at radius 3 is 2.95 bits per heavy atom. The zero-order chi connectivity index (χ0) is 14.0. The van der Waals surface area contributed by atoms with E-state index in [9.17, 15) is 14.0 Å². The molecule has 19 heavy (non-hydrogen) atoms. The van der Waals surface area contributed by atoms with Crippen molar-refractivity contribution in [2.45, 2.75) is 5.16 Å². The van der Waals surface area contributed by atoms with Crippen LogP contribution in [0.4, 0.5) is 4.39 Å². The third kappa shape index (κ3) is 2.79. The van der Waals surface area contributed by atoms with E-state index in [4.69, 9.17) is 16.7 Å². The number of hydrogen-bond acceptors (Lipinski definition) is 4. The van der Waals surface area contributed by atoms with Gasteiger partial charge < -0.3 is 5.11 Å².